The van der Waals surface area contributed by atoms with Crippen molar-refractivity contribution in [2.24, 2.45) is 0 Å². The van der Waals surface area contributed by atoms with Gasteiger partial charge in [-0.05, 0) is 156 Å². The molecule has 0 saturated carbocycles. The molecule has 2 aliphatic heterocycles. The smallest absolute Gasteiger partial charge is 0.267 e. The predicted molar refractivity (Wildman–Crippen MR) is 180 cm³/mol. The van der Waals surface area contributed by atoms with Gasteiger partial charge in [-0.2, -0.15) is 0 Å². The monoisotopic (exact) mass is 976 g/mol. The van der Waals surface area contributed by atoms with E-state index < -0.39 is 33.5 Å². The van der Waals surface area contributed by atoms with E-state index in [0.717, 1.165) is 9.80 Å². The van der Waals surface area contributed by atoms with Crippen molar-refractivity contribution in [1.29, 1.82) is 0 Å². The van der Waals surface area contributed by atoms with Crippen LogP contribution in [0.1, 0.15) is 41.4 Å². The van der Waals surface area contributed by atoms with Crippen molar-refractivity contribution in [3.8, 4) is 0 Å². The predicted octanol–water partition coefficient (Wildman–Crippen LogP) is 8.70. The van der Waals surface area contributed by atoms with Crippen LogP contribution in [0.25, 0.3) is 0 Å². The van der Waals surface area contributed by atoms with E-state index in [2.05, 4.69) is 95.6 Å². The van der Waals surface area contributed by atoms with E-state index >= 15 is 0 Å². The van der Waals surface area contributed by atoms with Crippen LogP contribution in [0.15, 0.2) is 97.3 Å². The van der Waals surface area contributed by atoms with E-state index in [0.29, 0.717) is 26.8 Å². The molecular weight excluding hydrogens is 972 g/mol. The first-order chi connectivity index (χ1) is 20.2. The number of hydrogen-bond donors (Lipinski definition) is 0. The van der Waals surface area contributed by atoms with E-state index in [4.69, 9.17) is 0 Å². The van der Waals surface area contributed by atoms with Gasteiger partial charge in [0, 0.05) is 26.8 Å². The SMILES string of the molecule is O=C1c2cc(Br)c(Br)c(Br)c2C(=O)N1c1ccc(S(=O)(=O)c2ccc(N3C(=O)c4cc(Br)c(Br)c(Br)c4C3=O)cc2)cc1. The summed E-state index contributed by atoms with van der Waals surface area (Å²) in [5.74, 6) is -2.18. The van der Waals surface area contributed by atoms with Gasteiger partial charge in [-0.3, -0.25) is 19.2 Å². The van der Waals surface area contributed by atoms with Crippen molar-refractivity contribution < 1.29 is 27.6 Å². The number of carbonyl (C=O) groups excluding carboxylic acids is 4. The van der Waals surface area contributed by atoms with Crippen LogP contribution in [0.5, 0.6) is 0 Å². The Morgan fingerprint density at radius 1 is 0.465 bits per heavy atom. The lowest BCUT2D eigenvalue weighted by atomic mass is 10.1. The van der Waals surface area contributed by atoms with Crippen LogP contribution in [0, 0.1) is 0 Å². The zero-order chi connectivity index (χ0) is 31.1. The molecule has 4 aromatic carbocycles. The highest BCUT2D eigenvalue weighted by Crippen LogP contribution is 2.42. The number of hydrogen-bond acceptors (Lipinski definition) is 6. The molecule has 0 aromatic heterocycles. The topological polar surface area (TPSA) is 109 Å². The first-order valence-electron chi connectivity index (χ1n) is 11.8. The number of amides is 4. The third-order valence-electron chi connectivity index (χ3n) is 6.84. The third kappa shape index (κ3) is 4.77. The lowest BCUT2D eigenvalue weighted by molar-refractivity contribution is 0.0910. The molecule has 0 bridgehead atoms. The second kappa shape index (κ2) is 11.1. The molecule has 15 heteroatoms. The van der Waals surface area contributed by atoms with Gasteiger partial charge in [0.2, 0.25) is 9.84 Å². The number of rotatable bonds is 4. The number of benzene rings is 4. The van der Waals surface area contributed by atoms with Gasteiger partial charge in [0.05, 0.1) is 43.4 Å². The standard InChI is InChI=1S/C28H10Br6N2O6S/c29-17-9-15-19(23(33)21(17)31)27(39)35(25(15)37)11-1-5-13(6-2-11)43(41,42)14-7-3-12(4-8-14)36-26(38)16-10-18(30)22(32)24(34)20(16)28(36)40/h1-10H. The van der Waals surface area contributed by atoms with Crippen molar-refractivity contribution in [1.82, 2.24) is 0 Å². The van der Waals surface area contributed by atoms with Crippen LogP contribution in [-0.2, 0) is 9.84 Å². The minimum atomic E-state index is -4.03. The first-order valence-corrected chi connectivity index (χ1v) is 18.1. The maximum atomic E-state index is 13.4. The molecule has 8 nitrogen and oxygen atoms in total. The summed E-state index contributed by atoms with van der Waals surface area (Å²) in [4.78, 5) is 54.4. The van der Waals surface area contributed by atoms with Gasteiger partial charge in [0.25, 0.3) is 23.6 Å². The molecule has 0 fully saturated rings. The van der Waals surface area contributed by atoms with Gasteiger partial charge in [0.15, 0.2) is 0 Å². The summed E-state index contributed by atoms with van der Waals surface area (Å²) >= 11 is 20.2. The van der Waals surface area contributed by atoms with Crippen molar-refractivity contribution in [3.63, 3.8) is 0 Å². The molecule has 0 spiro atoms. The Bertz CT molecular complexity index is 1940. The second-order valence-corrected chi connectivity index (χ2v) is 16.0. The maximum Gasteiger partial charge on any atom is 0.267 e. The van der Waals surface area contributed by atoms with Crippen LogP contribution < -0.4 is 9.80 Å². The van der Waals surface area contributed by atoms with Gasteiger partial charge in [0.1, 0.15) is 0 Å². The van der Waals surface area contributed by atoms with Crippen LogP contribution >= 0.6 is 95.6 Å². The summed E-state index contributed by atoms with van der Waals surface area (Å²) in [7, 11) is -4.03. The molecule has 0 aliphatic carbocycles. The second-order valence-electron chi connectivity index (χ2n) is 9.20. The average molecular weight is 982 g/mol. The fourth-order valence-electron chi connectivity index (χ4n) is 4.75. The van der Waals surface area contributed by atoms with Gasteiger partial charge in [-0.1, -0.05) is 0 Å². The minimum absolute atomic E-state index is 0.0772. The number of sulfone groups is 1. The zero-order valence-electron chi connectivity index (χ0n) is 20.8. The van der Waals surface area contributed by atoms with Gasteiger partial charge in [-0.25, -0.2) is 18.2 Å². The highest BCUT2D eigenvalue weighted by molar-refractivity contribution is 9.15. The Morgan fingerprint density at radius 2 is 0.791 bits per heavy atom. The van der Waals surface area contributed by atoms with Crippen LogP contribution in [0.4, 0.5) is 11.4 Å². The zero-order valence-corrected chi connectivity index (χ0v) is 31.1. The first kappa shape index (κ1) is 31.0. The fourth-order valence-corrected chi connectivity index (χ4v) is 9.21. The van der Waals surface area contributed by atoms with E-state index in [1.165, 1.54) is 48.5 Å². The minimum Gasteiger partial charge on any atom is -0.268 e. The van der Waals surface area contributed by atoms with Crippen molar-refractivity contribution in [3.05, 3.63) is 110 Å². The quantitative estimate of drug-likeness (QED) is 0.150. The normalized spacial score (nSPS) is 14.6. The number of imide groups is 2. The Labute approximate surface area is 294 Å². The Morgan fingerprint density at radius 3 is 1.12 bits per heavy atom. The molecule has 0 radical (unpaired) electrons. The Hall–Kier alpha value is -2.01. The van der Waals surface area contributed by atoms with E-state index in [-0.39, 0.29) is 43.4 Å². The van der Waals surface area contributed by atoms with Crippen LogP contribution in [-0.4, -0.2) is 32.0 Å². The molecule has 2 heterocycles. The highest BCUT2D eigenvalue weighted by Gasteiger charge is 2.41. The summed E-state index contributed by atoms with van der Waals surface area (Å²) in [6.45, 7) is 0. The van der Waals surface area contributed by atoms with Crippen LogP contribution in [0.2, 0.25) is 0 Å². The van der Waals surface area contributed by atoms with Gasteiger partial charge in [-0.15, -0.1) is 0 Å². The number of carbonyl (C=O) groups is 4. The molecule has 43 heavy (non-hydrogen) atoms. The summed E-state index contributed by atoms with van der Waals surface area (Å²) in [5.41, 5.74) is 1.21. The Balaban J connectivity index is 1.27. The molecule has 4 amide bonds. The van der Waals surface area contributed by atoms with Crippen molar-refractivity contribution in [2.45, 2.75) is 9.79 Å². The molecule has 6 rings (SSSR count). The molecule has 216 valence electrons. The molecule has 0 atom stereocenters. The largest absolute Gasteiger partial charge is 0.268 e. The Kier molecular flexibility index (Phi) is 8.00. The molecule has 2 aliphatic rings. The lowest BCUT2D eigenvalue weighted by Crippen LogP contribution is -2.29. The number of nitrogens with zero attached hydrogens (tertiary/aromatic N) is 2. The lowest BCUT2D eigenvalue weighted by Gasteiger charge is -2.15. The number of fused-ring (bicyclic) bond motifs is 2. The van der Waals surface area contributed by atoms with E-state index in [1.807, 2.05) is 0 Å². The average Bonchev–Trinajstić information content (AvgIpc) is 3.38. The molecule has 4 aromatic rings. The summed E-state index contributed by atoms with van der Waals surface area (Å²) in [6, 6.07) is 13.8. The molecule has 0 unspecified atom stereocenters. The molecule has 0 N–H and O–H groups in total. The number of anilines is 2. The third-order valence-corrected chi connectivity index (χ3v) is 15.2. The molecular formula is C28H10Br6N2O6S. The van der Waals surface area contributed by atoms with Crippen molar-refractivity contribution >= 4 is 140 Å². The summed E-state index contributed by atoms with van der Waals surface area (Å²) in [5, 5.41) is 0. The van der Waals surface area contributed by atoms with E-state index in [9.17, 15) is 27.6 Å². The highest BCUT2D eigenvalue weighted by atomic mass is 79.9. The van der Waals surface area contributed by atoms with Crippen LogP contribution in [0.3, 0.4) is 0 Å². The summed E-state index contributed by atoms with van der Waals surface area (Å²) in [6.07, 6.45) is 0. The molecule has 0 saturated heterocycles. The maximum absolute atomic E-state index is 13.4. The number of halogens is 6. The fraction of sp³-hybridized carbons (Fsp3) is 0. The van der Waals surface area contributed by atoms with Gasteiger partial charge < -0.3 is 0 Å². The van der Waals surface area contributed by atoms with Crippen molar-refractivity contribution in [2.75, 3.05) is 9.80 Å². The van der Waals surface area contributed by atoms with E-state index in [1.54, 1.807) is 12.1 Å². The summed E-state index contributed by atoms with van der Waals surface area (Å²) < 4.78 is 30.0. The van der Waals surface area contributed by atoms with Gasteiger partial charge >= 0.3 is 0 Å².